The lowest BCUT2D eigenvalue weighted by Crippen LogP contribution is -2.33. The van der Waals surface area contributed by atoms with E-state index in [9.17, 15) is 14.0 Å². The highest BCUT2D eigenvalue weighted by Gasteiger charge is 2.26. The molecule has 2 N–H and O–H groups in total. The zero-order valence-electron chi connectivity index (χ0n) is 7.64. The second kappa shape index (κ2) is 3.59. The summed E-state index contributed by atoms with van der Waals surface area (Å²) in [6.07, 6.45) is -0.411. The molecule has 1 aromatic rings. The monoisotopic (exact) mass is 216 g/mol. The first-order valence-corrected chi connectivity index (χ1v) is 4.38. The standard InChI is InChI=1S/C8H9FN2O4/c9-5-2-11(8(14)10-7(5)13)6-1-4(12)3-15-6/h2,4,6,12H,1,3H2,(H,10,13,14)/t4-,6-/m1/s1. The van der Waals surface area contributed by atoms with Crippen molar-refractivity contribution in [3.8, 4) is 0 Å². The quantitative estimate of drug-likeness (QED) is 0.627. The van der Waals surface area contributed by atoms with E-state index < -0.39 is 29.4 Å². The van der Waals surface area contributed by atoms with Crippen LogP contribution in [0.3, 0.4) is 0 Å². The molecule has 82 valence electrons. The number of aliphatic hydroxyl groups excluding tert-OH is 1. The van der Waals surface area contributed by atoms with Gasteiger partial charge in [0.15, 0.2) is 0 Å². The minimum atomic E-state index is -1.06. The van der Waals surface area contributed by atoms with E-state index in [-0.39, 0.29) is 13.0 Å². The third-order valence-electron chi connectivity index (χ3n) is 2.19. The van der Waals surface area contributed by atoms with Gasteiger partial charge in [0.25, 0.3) is 5.56 Å². The van der Waals surface area contributed by atoms with Crippen LogP contribution in [-0.2, 0) is 4.74 Å². The first-order chi connectivity index (χ1) is 7.08. The molecule has 0 aromatic carbocycles. The molecule has 2 atom stereocenters. The molecule has 1 fully saturated rings. The zero-order valence-corrected chi connectivity index (χ0v) is 7.64. The van der Waals surface area contributed by atoms with Gasteiger partial charge in [-0.2, -0.15) is 4.39 Å². The molecule has 0 saturated carbocycles. The molecule has 0 radical (unpaired) electrons. The molecule has 6 nitrogen and oxygen atoms in total. The maximum Gasteiger partial charge on any atom is 0.330 e. The van der Waals surface area contributed by atoms with Crippen molar-refractivity contribution in [3.63, 3.8) is 0 Å². The van der Waals surface area contributed by atoms with E-state index in [1.807, 2.05) is 4.98 Å². The smallest absolute Gasteiger partial charge is 0.330 e. The minimum absolute atomic E-state index is 0.0951. The van der Waals surface area contributed by atoms with E-state index >= 15 is 0 Å². The van der Waals surface area contributed by atoms with Crippen LogP contribution >= 0.6 is 0 Å². The molecule has 1 aliphatic rings. The molecule has 1 aromatic heterocycles. The highest BCUT2D eigenvalue weighted by Crippen LogP contribution is 2.21. The van der Waals surface area contributed by atoms with Gasteiger partial charge in [-0.3, -0.25) is 14.3 Å². The minimum Gasteiger partial charge on any atom is -0.391 e. The van der Waals surface area contributed by atoms with Crippen molar-refractivity contribution in [1.29, 1.82) is 0 Å². The van der Waals surface area contributed by atoms with Crippen LogP contribution in [0.2, 0.25) is 0 Å². The van der Waals surface area contributed by atoms with Gasteiger partial charge in [-0.25, -0.2) is 4.79 Å². The maximum atomic E-state index is 12.9. The highest BCUT2D eigenvalue weighted by atomic mass is 19.1. The number of hydrogen-bond donors (Lipinski definition) is 2. The number of ether oxygens (including phenoxy) is 1. The lowest BCUT2D eigenvalue weighted by Gasteiger charge is -2.11. The summed E-state index contributed by atoms with van der Waals surface area (Å²) in [5, 5.41) is 9.17. The van der Waals surface area contributed by atoms with Crippen LogP contribution in [0.1, 0.15) is 12.6 Å². The summed E-state index contributed by atoms with van der Waals surface area (Å²) >= 11 is 0. The third kappa shape index (κ3) is 1.83. The number of aromatic amines is 1. The van der Waals surface area contributed by atoms with Crippen LogP contribution in [-0.4, -0.2) is 27.4 Å². The van der Waals surface area contributed by atoms with Crippen molar-refractivity contribution in [2.24, 2.45) is 0 Å². The van der Waals surface area contributed by atoms with E-state index in [1.54, 1.807) is 0 Å². The lowest BCUT2D eigenvalue weighted by molar-refractivity contribution is 0.0439. The maximum absolute atomic E-state index is 12.9. The Labute approximate surface area is 82.9 Å². The van der Waals surface area contributed by atoms with Gasteiger partial charge in [-0.15, -0.1) is 0 Å². The summed E-state index contributed by atoms with van der Waals surface area (Å²) in [6, 6.07) is 0. The Morgan fingerprint density at radius 2 is 2.33 bits per heavy atom. The highest BCUT2D eigenvalue weighted by molar-refractivity contribution is 4.89. The zero-order chi connectivity index (χ0) is 11.0. The van der Waals surface area contributed by atoms with E-state index in [0.29, 0.717) is 0 Å². The third-order valence-corrected chi connectivity index (χ3v) is 2.19. The Morgan fingerprint density at radius 1 is 1.60 bits per heavy atom. The molecule has 0 spiro atoms. The van der Waals surface area contributed by atoms with E-state index in [4.69, 9.17) is 9.84 Å². The largest absolute Gasteiger partial charge is 0.391 e. The second-order valence-corrected chi connectivity index (χ2v) is 3.32. The molecule has 1 aliphatic heterocycles. The Balaban J connectivity index is 2.41. The fourth-order valence-corrected chi connectivity index (χ4v) is 1.46. The predicted molar refractivity (Wildman–Crippen MR) is 46.9 cm³/mol. The molecule has 15 heavy (non-hydrogen) atoms. The van der Waals surface area contributed by atoms with Gasteiger partial charge in [-0.1, -0.05) is 0 Å². The first-order valence-electron chi connectivity index (χ1n) is 4.38. The number of aliphatic hydroxyl groups is 1. The topological polar surface area (TPSA) is 84.3 Å². The Kier molecular flexibility index (Phi) is 2.41. The van der Waals surface area contributed by atoms with Crippen LogP contribution in [0, 0.1) is 5.82 Å². The van der Waals surface area contributed by atoms with Crippen molar-refractivity contribution < 1.29 is 14.2 Å². The summed E-state index contributed by atoms with van der Waals surface area (Å²) in [4.78, 5) is 23.8. The van der Waals surface area contributed by atoms with Crippen LogP contribution < -0.4 is 11.2 Å². The molecule has 0 amide bonds. The second-order valence-electron chi connectivity index (χ2n) is 3.32. The van der Waals surface area contributed by atoms with Crippen LogP contribution in [0.4, 0.5) is 4.39 Å². The molecular weight excluding hydrogens is 207 g/mol. The molecule has 0 aliphatic carbocycles. The molecule has 2 heterocycles. The van der Waals surface area contributed by atoms with Gasteiger partial charge in [0.1, 0.15) is 6.23 Å². The summed E-state index contributed by atoms with van der Waals surface area (Å²) < 4.78 is 18.9. The van der Waals surface area contributed by atoms with E-state index in [1.165, 1.54) is 0 Å². The predicted octanol–water partition coefficient (Wildman–Crippen LogP) is -1.04. The number of aromatic nitrogens is 2. The first kappa shape index (κ1) is 10.1. The Bertz CT molecular complexity index is 480. The van der Waals surface area contributed by atoms with Crippen LogP contribution in [0.25, 0.3) is 0 Å². The normalized spacial score (nSPS) is 25.7. The van der Waals surface area contributed by atoms with Crippen LogP contribution in [0.5, 0.6) is 0 Å². The Hall–Kier alpha value is -1.47. The molecule has 0 bridgehead atoms. The fourth-order valence-electron chi connectivity index (χ4n) is 1.46. The number of nitrogens with zero attached hydrogens (tertiary/aromatic N) is 1. The molecule has 7 heteroatoms. The summed E-state index contributed by atoms with van der Waals surface area (Å²) in [5.41, 5.74) is -1.81. The molecule has 2 rings (SSSR count). The van der Waals surface area contributed by atoms with E-state index in [2.05, 4.69) is 0 Å². The number of H-pyrrole nitrogens is 1. The summed E-state index contributed by atoms with van der Waals surface area (Å²) in [5.74, 6) is -1.06. The molecule has 1 saturated heterocycles. The van der Waals surface area contributed by atoms with Gasteiger partial charge in [0, 0.05) is 6.42 Å². The van der Waals surface area contributed by atoms with Crippen LogP contribution in [0.15, 0.2) is 15.8 Å². The Morgan fingerprint density at radius 3 is 2.93 bits per heavy atom. The van der Waals surface area contributed by atoms with Gasteiger partial charge in [-0.05, 0) is 0 Å². The van der Waals surface area contributed by atoms with E-state index in [0.717, 1.165) is 10.8 Å². The number of nitrogens with one attached hydrogen (secondary N) is 1. The van der Waals surface area contributed by atoms with Crippen molar-refractivity contribution in [2.75, 3.05) is 6.61 Å². The van der Waals surface area contributed by atoms with Crippen molar-refractivity contribution in [3.05, 3.63) is 32.9 Å². The summed E-state index contributed by atoms with van der Waals surface area (Å²) in [7, 11) is 0. The van der Waals surface area contributed by atoms with Gasteiger partial charge < -0.3 is 9.84 Å². The van der Waals surface area contributed by atoms with Crippen molar-refractivity contribution >= 4 is 0 Å². The average molecular weight is 216 g/mol. The average Bonchev–Trinajstić information content (AvgIpc) is 2.58. The fraction of sp³-hybridized carbons (Fsp3) is 0.500. The molecular formula is C8H9FN2O4. The molecule has 0 unspecified atom stereocenters. The van der Waals surface area contributed by atoms with Gasteiger partial charge in [0.05, 0.1) is 18.9 Å². The number of halogens is 1. The van der Waals surface area contributed by atoms with Gasteiger partial charge in [0.2, 0.25) is 5.82 Å². The van der Waals surface area contributed by atoms with Crippen molar-refractivity contribution in [1.82, 2.24) is 9.55 Å². The SMILES string of the molecule is O=c1[nH]c(=O)n([C@H]2C[C@@H](O)CO2)cc1F. The summed E-state index contributed by atoms with van der Waals surface area (Å²) in [6.45, 7) is 0.0951. The van der Waals surface area contributed by atoms with Gasteiger partial charge >= 0.3 is 5.69 Å². The number of rotatable bonds is 1. The van der Waals surface area contributed by atoms with Crippen molar-refractivity contribution in [2.45, 2.75) is 18.8 Å². The lowest BCUT2D eigenvalue weighted by atomic mass is 10.3. The number of hydrogen-bond acceptors (Lipinski definition) is 4.